The van der Waals surface area contributed by atoms with E-state index >= 15 is 0 Å². The van der Waals surface area contributed by atoms with Gasteiger partial charge < -0.3 is 0 Å². The number of aromatic nitrogens is 5. The van der Waals surface area contributed by atoms with Crippen LogP contribution in [0.2, 0.25) is 0 Å². The topological polar surface area (TPSA) is 67.3 Å². The summed E-state index contributed by atoms with van der Waals surface area (Å²) in [6.07, 6.45) is 7.08. The van der Waals surface area contributed by atoms with Gasteiger partial charge in [-0.25, -0.2) is 4.98 Å². The highest BCUT2D eigenvalue weighted by molar-refractivity contribution is 5.92. The lowest BCUT2D eigenvalue weighted by Gasteiger charge is -2.02. The average molecular weight is 247 g/mol. The fourth-order valence-corrected chi connectivity index (χ4v) is 2.10. The van der Waals surface area contributed by atoms with E-state index in [4.69, 9.17) is 0 Å². The molecule has 0 saturated heterocycles. The zero-order valence-electron chi connectivity index (χ0n) is 9.91. The molecule has 3 heterocycles. The monoisotopic (exact) mass is 247 g/mol. The van der Waals surface area contributed by atoms with Crippen molar-refractivity contribution < 1.29 is 0 Å². The molecule has 0 amide bonds. The van der Waals surface area contributed by atoms with E-state index in [0.29, 0.717) is 0 Å². The van der Waals surface area contributed by atoms with Crippen molar-refractivity contribution in [3.63, 3.8) is 0 Å². The molecule has 19 heavy (non-hydrogen) atoms. The Morgan fingerprint density at radius 1 is 1.00 bits per heavy atom. The molecule has 5 heteroatoms. The highest BCUT2D eigenvalue weighted by Crippen LogP contribution is 2.21. The number of hydrogen-bond acceptors (Lipinski definition) is 4. The summed E-state index contributed by atoms with van der Waals surface area (Å²) in [5.41, 5.74) is 4.46. The van der Waals surface area contributed by atoms with Crippen LogP contribution in [0, 0.1) is 0 Å². The molecule has 3 aromatic heterocycles. The SMILES string of the molecule is c1cncc(-c2cnc3cc4[nH]ncc4cc3n2)c1. The van der Waals surface area contributed by atoms with Gasteiger partial charge in [-0.1, -0.05) is 0 Å². The van der Waals surface area contributed by atoms with E-state index < -0.39 is 0 Å². The van der Waals surface area contributed by atoms with Crippen LogP contribution in [0.4, 0.5) is 0 Å². The number of pyridine rings is 1. The fourth-order valence-electron chi connectivity index (χ4n) is 2.10. The first kappa shape index (κ1) is 10.1. The van der Waals surface area contributed by atoms with Crippen molar-refractivity contribution in [1.29, 1.82) is 0 Å². The third-order valence-electron chi connectivity index (χ3n) is 3.06. The molecule has 0 atom stereocenters. The largest absolute Gasteiger partial charge is 0.278 e. The molecule has 0 bridgehead atoms. The van der Waals surface area contributed by atoms with Crippen molar-refractivity contribution >= 4 is 21.9 Å². The number of fused-ring (bicyclic) bond motifs is 2. The summed E-state index contributed by atoms with van der Waals surface area (Å²) >= 11 is 0. The zero-order chi connectivity index (χ0) is 12.7. The summed E-state index contributed by atoms with van der Waals surface area (Å²) in [6, 6.07) is 7.80. The van der Waals surface area contributed by atoms with Crippen LogP contribution in [0.5, 0.6) is 0 Å². The molecule has 90 valence electrons. The molecular formula is C14H9N5. The van der Waals surface area contributed by atoms with Crippen molar-refractivity contribution in [2.24, 2.45) is 0 Å². The van der Waals surface area contributed by atoms with Crippen LogP contribution in [-0.4, -0.2) is 25.1 Å². The van der Waals surface area contributed by atoms with Crippen LogP contribution in [0.25, 0.3) is 33.2 Å². The number of aromatic amines is 1. The first-order chi connectivity index (χ1) is 9.40. The second kappa shape index (κ2) is 3.84. The quantitative estimate of drug-likeness (QED) is 0.561. The Hall–Kier alpha value is -2.82. The molecule has 4 aromatic rings. The second-order valence-electron chi connectivity index (χ2n) is 4.30. The first-order valence-electron chi connectivity index (χ1n) is 5.90. The summed E-state index contributed by atoms with van der Waals surface area (Å²) in [7, 11) is 0. The molecule has 0 spiro atoms. The maximum absolute atomic E-state index is 4.63. The van der Waals surface area contributed by atoms with Crippen molar-refractivity contribution in [1.82, 2.24) is 25.1 Å². The number of nitrogens with one attached hydrogen (secondary N) is 1. The van der Waals surface area contributed by atoms with Crippen molar-refractivity contribution in [2.75, 3.05) is 0 Å². The van der Waals surface area contributed by atoms with Crippen molar-refractivity contribution in [3.8, 4) is 11.3 Å². The lowest BCUT2D eigenvalue weighted by Crippen LogP contribution is -1.89. The molecule has 0 saturated carbocycles. The van der Waals surface area contributed by atoms with E-state index in [1.54, 1.807) is 24.8 Å². The Bertz CT molecular complexity index is 867. The highest BCUT2D eigenvalue weighted by Gasteiger charge is 2.05. The maximum Gasteiger partial charge on any atom is 0.0909 e. The minimum Gasteiger partial charge on any atom is -0.278 e. The molecule has 0 aliphatic rings. The fraction of sp³-hybridized carbons (Fsp3) is 0. The predicted octanol–water partition coefficient (Wildman–Crippen LogP) is 2.57. The molecular weight excluding hydrogens is 238 g/mol. The van der Waals surface area contributed by atoms with Crippen molar-refractivity contribution in [2.45, 2.75) is 0 Å². The van der Waals surface area contributed by atoms with Crippen LogP contribution in [0.3, 0.4) is 0 Å². The summed E-state index contributed by atoms with van der Waals surface area (Å²) < 4.78 is 0. The van der Waals surface area contributed by atoms with Gasteiger partial charge in [0.15, 0.2) is 0 Å². The summed E-state index contributed by atoms with van der Waals surface area (Å²) in [6.45, 7) is 0. The lowest BCUT2D eigenvalue weighted by atomic mass is 10.2. The van der Waals surface area contributed by atoms with E-state index in [1.807, 2.05) is 24.3 Å². The van der Waals surface area contributed by atoms with Gasteiger partial charge >= 0.3 is 0 Å². The van der Waals surface area contributed by atoms with E-state index in [-0.39, 0.29) is 0 Å². The maximum atomic E-state index is 4.63. The molecule has 0 radical (unpaired) electrons. The van der Waals surface area contributed by atoms with Gasteiger partial charge in [0.2, 0.25) is 0 Å². The number of rotatable bonds is 1. The first-order valence-corrected chi connectivity index (χ1v) is 5.90. The van der Waals surface area contributed by atoms with Crippen LogP contribution < -0.4 is 0 Å². The van der Waals surface area contributed by atoms with Gasteiger partial charge in [-0.05, 0) is 24.3 Å². The molecule has 1 N–H and O–H groups in total. The van der Waals surface area contributed by atoms with E-state index in [1.165, 1.54) is 0 Å². The van der Waals surface area contributed by atoms with E-state index in [0.717, 1.165) is 33.2 Å². The van der Waals surface area contributed by atoms with Gasteiger partial charge in [0.05, 0.1) is 34.6 Å². The Morgan fingerprint density at radius 3 is 2.89 bits per heavy atom. The molecule has 0 aliphatic carbocycles. The smallest absolute Gasteiger partial charge is 0.0909 e. The zero-order valence-corrected chi connectivity index (χ0v) is 9.91. The van der Waals surface area contributed by atoms with Crippen LogP contribution in [0.15, 0.2) is 49.1 Å². The molecule has 5 nitrogen and oxygen atoms in total. The number of nitrogens with zero attached hydrogens (tertiary/aromatic N) is 4. The number of H-pyrrole nitrogens is 1. The highest BCUT2D eigenvalue weighted by atomic mass is 15.1. The summed E-state index contributed by atoms with van der Waals surface area (Å²) in [5.74, 6) is 0. The molecule has 1 aromatic carbocycles. The van der Waals surface area contributed by atoms with E-state index in [2.05, 4.69) is 25.1 Å². The standard InChI is InChI=1S/C14H9N5/c1-2-9(6-15-3-1)14-8-16-12-5-11-10(7-17-19-11)4-13(12)18-14/h1-8H,(H,17,19). The molecule has 0 unspecified atom stereocenters. The minimum atomic E-state index is 0.823. The van der Waals surface area contributed by atoms with Gasteiger partial charge in [0, 0.05) is 23.3 Å². The van der Waals surface area contributed by atoms with Gasteiger partial charge in [-0.2, -0.15) is 5.10 Å². The Labute approximate surface area is 108 Å². The Morgan fingerprint density at radius 2 is 2.00 bits per heavy atom. The Balaban J connectivity index is 1.97. The lowest BCUT2D eigenvalue weighted by molar-refractivity contribution is 1.12. The van der Waals surface area contributed by atoms with E-state index in [9.17, 15) is 0 Å². The van der Waals surface area contributed by atoms with Crippen LogP contribution in [-0.2, 0) is 0 Å². The normalized spacial score (nSPS) is 11.2. The number of benzene rings is 1. The molecule has 4 rings (SSSR count). The third-order valence-corrected chi connectivity index (χ3v) is 3.06. The Kier molecular flexibility index (Phi) is 2.05. The van der Waals surface area contributed by atoms with Gasteiger partial charge in [-0.15, -0.1) is 0 Å². The summed E-state index contributed by atoms with van der Waals surface area (Å²) in [5, 5.41) is 7.98. The second-order valence-corrected chi connectivity index (χ2v) is 4.30. The van der Waals surface area contributed by atoms with Crippen LogP contribution >= 0.6 is 0 Å². The van der Waals surface area contributed by atoms with Crippen molar-refractivity contribution in [3.05, 3.63) is 49.1 Å². The number of hydrogen-bond donors (Lipinski definition) is 1. The minimum absolute atomic E-state index is 0.823. The van der Waals surface area contributed by atoms with Crippen LogP contribution in [0.1, 0.15) is 0 Å². The van der Waals surface area contributed by atoms with Gasteiger partial charge in [-0.3, -0.25) is 15.1 Å². The third kappa shape index (κ3) is 1.63. The van der Waals surface area contributed by atoms with Gasteiger partial charge in [0.1, 0.15) is 0 Å². The van der Waals surface area contributed by atoms with Gasteiger partial charge in [0.25, 0.3) is 0 Å². The predicted molar refractivity (Wildman–Crippen MR) is 72.4 cm³/mol. The molecule has 0 fully saturated rings. The molecule has 0 aliphatic heterocycles. The average Bonchev–Trinajstić information content (AvgIpc) is 2.92. The summed E-state index contributed by atoms with van der Waals surface area (Å²) in [4.78, 5) is 13.2.